The van der Waals surface area contributed by atoms with Crippen molar-refractivity contribution in [2.24, 2.45) is 11.7 Å². The van der Waals surface area contributed by atoms with Gasteiger partial charge in [0, 0.05) is 25.8 Å². The van der Waals surface area contributed by atoms with Crippen LogP contribution in [0.2, 0.25) is 0 Å². The second kappa shape index (κ2) is 7.56. The van der Waals surface area contributed by atoms with Crippen molar-refractivity contribution in [3.8, 4) is 0 Å². The third-order valence-corrected chi connectivity index (χ3v) is 5.17. The van der Waals surface area contributed by atoms with Gasteiger partial charge in [-0.25, -0.2) is 0 Å². The molecule has 1 aliphatic carbocycles. The smallest absolute Gasteiger partial charge is 0.240 e. The molecule has 3 N–H and O–H groups in total. The first-order valence-corrected chi connectivity index (χ1v) is 8.34. The maximum Gasteiger partial charge on any atom is 0.240 e. The Hall–Kier alpha value is -0.650. The molecule has 1 unspecified atom stereocenters. The van der Waals surface area contributed by atoms with Crippen molar-refractivity contribution >= 4 is 5.91 Å². The summed E-state index contributed by atoms with van der Waals surface area (Å²) in [5.74, 6) is 0.686. The van der Waals surface area contributed by atoms with E-state index in [0.29, 0.717) is 44.6 Å². The van der Waals surface area contributed by atoms with Crippen molar-refractivity contribution < 1.29 is 9.53 Å². The van der Waals surface area contributed by atoms with E-state index in [1.807, 2.05) is 0 Å². The van der Waals surface area contributed by atoms with Crippen molar-refractivity contribution in [1.82, 2.24) is 10.2 Å². The summed E-state index contributed by atoms with van der Waals surface area (Å²) in [6.07, 6.45) is 7.79. The quantitative estimate of drug-likeness (QED) is 0.798. The van der Waals surface area contributed by atoms with Crippen molar-refractivity contribution in [2.75, 3.05) is 33.9 Å². The van der Waals surface area contributed by atoms with E-state index in [4.69, 9.17) is 10.5 Å². The van der Waals surface area contributed by atoms with Crippen LogP contribution in [0.1, 0.15) is 44.9 Å². The Labute approximate surface area is 128 Å². The number of carbonyl (C=O) groups excluding carboxylic acids is 1. The maximum atomic E-state index is 12.4. The van der Waals surface area contributed by atoms with E-state index in [1.54, 1.807) is 0 Å². The molecule has 0 spiro atoms. The molecule has 0 radical (unpaired) electrons. The Kier molecular flexibility index (Phi) is 6.02. The van der Waals surface area contributed by atoms with Gasteiger partial charge in [0.15, 0.2) is 0 Å². The lowest BCUT2D eigenvalue weighted by Gasteiger charge is -2.37. The maximum absolute atomic E-state index is 12.4. The van der Waals surface area contributed by atoms with Gasteiger partial charge in [-0.15, -0.1) is 0 Å². The number of amides is 1. The average molecular weight is 297 g/mol. The monoisotopic (exact) mass is 297 g/mol. The number of hydrogen-bond acceptors (Lipinski definition) is 4. The van der Waals surface area contributed by atoms with Gasteiger partial charge >= 0.3 is 0 Å². The highest BCUT2D eigenvalue weighted by Crippen LogP contribution is 2.28. The molecule has 21 heavy (non-hydrogen) atoms. The highest BCUT2D eigenvalue weighted by Gasteiger charge is 2.36. The Morgan fingerprint density at radius 1 is 1.29 bits per heavy atom. The van der Waals surface area contributed by atoms with Gasteiger partial charge in [-0.05, 0) is 45.7 Å². The molecule has 0 aromatic carbocycles. The lowest BCUT2D eigenvalue weighted by atomic mass is 9.83. The first kappa shape index (κ1) is 16.7. The zero-order valence-electron chi connectivity index (χ0n) is 13.6. The van der Waals surface area contributed by atoms with Crippen molar-refractivity contribution in [2.45, 2.75) is 56.5 Å². The molecule has 0 bridgehead atoms. The second-order valence-electron chi connectivity index (χ2n) is 6.91. The van der Waals surface area contributed by atoms with Crippen molar-refractivity contribution in [3.05, 3.63) is 0 Å². The van der Waals surface area contributed by atoms with Gasteiger partial charge in [-0.2, -0.15) is 0 Å². The number of ether oxygens (including phenoxy) is 1. The summed E-state index contributed by atoms with van der Waals surface area (Å²) in [6.45, 7) is 1.88. The van der Waals surface area contributed by atoms with E-state index >= 15 is 0 Å². The molecule has 5 nitrogen and oxygen atoms in total. The lowest BCUT2D eigenvalue weighted by Crippen LogP contribution is -2.58. The van der Waals surface area contributed by atoms with Crippen molar-refractivity contribution in [3.63, 3.8) is 0 Å². The minimum Gasteiger partial charge on any atom is -0.381 e. The largest absolute Gasteiger partial charge is 0.381 e. The number of nitrogens with zero attached hydrogens (tertiary/aromatic N) is 1. The molecular formula is C16H31N3O2. The third kappa shape index (κ3) is 4.41. The minimum absolute atomic E-state index is 0.00606. The molecule has 1 saturated heterocycles. The number of nitrogens with two attached hydrogens (primary N) is 1. The van der Waals surface area contributed by atoms with Crippen LogP contribution in [-0.4, -0.2) is 56.2 Å². The van der Waals surface area contributed by atoms with Gasteiger partial charge in [-0.3, -0.25) is 4.79 Å². The Balaban J connectivity index is 1.87. The summed E-state index contributed by atoms with van der Waals surface area (Å²) >= 11 is 0. The molecular weight excluding hydrogens is 266 g/mol. The summed E-state index contributed by atoms with van der Waals surface area (Å²) in [5.41, 5.74) is 5.50. The van der Waals surface area contributed by atoms with Crippen LogP contribution in [0.5, 0.6) is 0 Å². The van der Waals surface area contributed by atoms with Gasteiger partial charge in [-0.1, -0.05) is 19.3 Å². The van der Waals surface area contributed by atoms with Crippen LogP contribution >= 0.6 is 0 Å². The number of carbonyl (C=O) groups is 1. The van der Waals surface area contributed by atoms with Gasteiger partial charge < -0.3 is 20.7 Å². The van der Waals surface area contributed by atoms with Crippen LogP contribution in [-0.2, 0) is 9.53 Å². The molecule has 2 aliphatic rings. The SMILES string of the molecule is CN(C)C(CNC(=O)C1(N)CCOCC1)C1CCCCC1. The molecule has 0 aromatic heterocycles. The fourth-order valence-electron chi connectivity index (χ4n) is 3.63. The first-order chi connectivity index (χ1) is 10.0. The number of hydrogen-bond donors (Lipinski definition) is 2. The van der Waals surface area contributed by atoms with E-state index in [1.165, 1.54) is 32.1 Å². The average Bonchev–Trinajstić information content (AvgIpc) is 2.48. The molecule has 1 saturated carbocycles. The van der Waals surface area contributed by atoms with E-state index in [0.717, 1.165) is 0 Å². The molecule has 1 aliphatic heterocycles. The van der Waals surface area contributed by atoms with E-state index < -0.39 is 5.54 Å². The van der Waals surface area contributed by atoms with Crippen LogP contribution < -0.4 is 11.1 Å². The fourth-order valence-corrected chi connectivity index (χ4v) is 3.63. The van der Waals surface area contributed by atoms with Gasteiger partial charge in [0.1, 0.15) is 0 Å². The first-order valence-electron chi connectivity index (χ1n) is 8.34. The van der Waals surface area contributed by atoms with E-state index in [9.17, 15) is 4.79 Å². The molecule has 2 fully saturated rings. The zero-order valence-corrected chi connectivity index (χ0v) is 13.6. The standard InChI is InChI=1S/C16H31N3O2/c1-19(2)14(13-6-4-3-5-7-13)12-18-15(20)16(17)8-10-21-11-9-16/h13-14H,3-12,17H2,1-2H3,(H,18,20). The molecule has 1 amide bonds. The van der Waals surface area contributed by atoms with Crippen molar-refractivity contribution in [1.29, 1.82) is 0 Å². The summed E-state index contributed by atoms with van der Waals surface area (Å²) in [6, 6.07) is 0.415. The molecule has 122 valence electrons. The van der Waals surface area contributed by atoms with Gasteiger partial charge in [0.25, 0.3) is 0 Å². The van der Waals surface area contributed by atoms with E-state index in [-0.39, 0.29) is 5.91 Å². The Morgan fingerprint density at radius 3 is 2.48 bits per heavy atom. The van der Waals surface area contributed by atoms with Gasteiger partial charge in [0.2, 0.25) is 5.91 Å². The number of rotatable bonds is 5. The third-order valence-electron chi connectivity index (χ3n) is 5.17. The molecule has 2 rings (SSSR count). The predicted octanol–water partition coefficient (Wildman–Crippen LogP) is 1.12. The van der Waals surface area contributed by atoms with Crippen LogP contribution in [0.4, 0.5) is 0 Å². The summed E-state index contributed by atoms with van der Waals surface area (Å²) in [5, 5.41) is 3.11. The van der Waals surface area contributed by atoms with Crippen LogP contribution in [0.3, 0.4) is 0 Å². The molecule has 1 heterocycles. The summed E-state index contributed by atoms with van der Waals surface area (Å²) in [7, 11) is 4.22. The highest BCUT2D eigenvalue weighted by molar-refractivity contribution is 5.86. The van der Waals surface area contributed by atoms with Gasteiger partial charge in [0.05, 0.1) is 5.54 Å². The van der Waals surface area contributed by atoms with Crippen LogP contribution in [0, 0.1) is 5.92 Å². The summed E-state index contributed by atoms with van der Waals surface area (Å²) in [4.78, 5) is 14.7. The highest BCUT2D eigenvalue weighted by atomic mass is 16.5. The molecule has 5 heteroatoms. The fraction of sp³-hybridized carbons (Fsp3) is 0.938. The van der Waals surface area contributed by atoms with E-state index in [2.05, 4.69) is 24.3 Å². The summed E-state index contributed by atoms with van der Waals surface area (Å²) < 4.78 is 5.31. The normalized spacial score (nSPS) is 24.8. The zero-order chi connectivity index (χ0) is 15.3. The van der Waals surface area contributed by atoms with Crippen LogP contribution in [0.25, 0.3) is 0 Å². The molecule has 0 aromatic rings. The predicted molar refractivity (Wildman–Crippen MR) is 84.0 cm³/mol. The Bertz CT molecular complexity index is 334. The number of nitrogens with one attached hydrogen (secondary N) is 1. The second-order valence-corrected chi connectivity index (χ2v) is 6.91. The van der Waals surface area contributed by atoms with Crippen LogP contribution in [0.15, 0.2) is 0 Å². The Morgan fingerprint density at radius 2 is 1.90 bits per heavy atom. The topological polar surface area (TPSA) is 67.6 Å². The number of likely N-dealkylation sites (N-methyl/N-ethyl adjacent to an activating group) is 1. The minimum atomic E-state index is -0.734. The molecule has 1 atom stereocenters. The lowest BCUT2D eigenvalue weighted by molar-refractivity contribution is -0.130.